The highest BCUT2D eigenvalue weighted by Gasteiger charge is 2.58. The number of ether oxygens (including phenoxy) is 1. The summed E-state index contributed by atoms with van der Waals surface area (Å²) < 4.78 is 5.41. The van der Waals surface area contributed by atoms with Crippen molar-refractivity contribution in [3.05, 3.63) is 0 Å². The van der Waals surface area contributed by atoms with Crippen molar-refractivity contribution in [1.82, 2.24) is 10.6 Å². The van der Waals surface area contributed by atoms with Crippen molar-refractivity contribution in [2.45, 2.75) is 44.9 Å². The molecule has 2 saturated carbocycles. The Hall–Kier alpha value is -0.610. The summed E-state index contributed by atoms with van der Waals surface area (Å²) in [6, 6.07) is 0. The van der Waals surface area contributed by atoms with E-state index in [4.69, 9.17) is 4.74 Å². The minimum absolute atomic E-state index is 0.146. The number of piperidine rings is 1. The van der Waals surface area contributed by atoms with Gasteiger partial charge in [-0.3, -0.25) is 4.79 Å². The van der Waals surface area contributed by atoms with Crippen LogP contribution in [0.3, 0.4) is 0 Å². The lowest BCUT2D eigenvalue weighted by Gasteiger charge is -2.37. The van der Waals surface area contributed by atoms with E-state index in [9.17, 15) is 4.79 Å². The molecular weight excluding hydrogens is 252 g/mol. The minimum Gasteiger partial charge on any atom is -0.384 e. The second kappa shape index (κ2) is 5.64. The number of carbonyl (C=O) groups excluding carboxylic acids is 1. The van der Waals surface area contributed by atoms with Crippen LogP contribution in [0.5, 0.6) is 0 Å². The van der Waals surface area contributed by atoms with Crippen LogP contribution in [0, 0.1) is 16.7 Å². The van der Waals surface area contributed by atoms with E-state index in [0.29, 0.717) is 17.2 Å². The fourth-order valence-corrected chi connectivity index (χ4v) is 4.38. The van der Waals surface area contributed by atoms with Crippen molar-refractivity contribution in [3.63, 3.8) is 0 Å². The summed E-state index contributed by atoms with van der Waals surface area (Å²) in [5, 5.41) is 6.64. The minimum atomic E-state index is 0.146. The highest BCUT2D eigenvalue weighted by atomic mass is 16.5. The molecule has 0 bridgehead atoms. The standard InChI is InChI=1S/C16H28N2O2/c1-20-12-15(6-8-17-9-7-15)11-18-14(19)13-10-16(13)4-2-3-5-16/h13,17H,2-12H2,1H3,(H,18,19). The molecule has 1 heterocycles. The summed E-state index contributed by atoms with van der Waals surface area (Å²) in [4.78, 5) is 12.4. The van der Waals surface area contributed by atoms with E-state index in [1.54, 1.807) is 7.11 Å². The summed E-state index contributed by atoms with van der Waals surface area (Å²) >= 11 is 0. The van der Waals surface area contributed by atoms with Crippen LogP contribution in [0.2, 0.25) is 0 Å². The zero-order valence-electron chi connectivity index (χ0n) is 12.7. The maximum Gasteiger partial charge on any atom is 0.223 e. The number of carbonyl (C=O) groups is 1. The highest BCUT2D eigenvalue weighted by molar-refractivity contribution is 5.82. The molecule has 3 aliphatic rings. The number of methoxy groups -OCH3 is 1. The highest BCUT2D eigenvalue weighted by Crippen LogP contribution is 2.62. The third-order valence-corrected chi connectivity index (χ3v) is 5.86. The van der Waals surface area contributed by atoms with Crippen LogP contribution < -0.4 is 10.6 Å². The van der Waals surface area contributed by atoms with Crippen LogP contribution in [0.25, 0.3) is 0 Å². The van der Waals surface area contributed by atoms with Gasteiger partial charge in [0, 0.05) is 25.0 Å². The van der Waals surface area contributed by atoms with Gasteiger partial charge in [0.1, 0.15) is 0 Å². The van der Waals surface area contributed by atoms with Gasteiger partial charge in [0.05, 0.1) is 6.61 Å². The van der Waals surface area contributed by atoms with Crippen molar-refractivity contribution in [1.29, 1.82) is 0 Å². The molecule has 1 spiro atoms. The van der Waals surface area contributed by atoms with Crippen molar-refractivity contribution in [2.75, 3.05) is 33.4 Å². The second-order valence-electron chi connectivity index (χ2n) is 7.23. The van der Waals surface area contributed by atoms with Gasteiger partial charge in [-0.25, -0.2) is 0 Å². The van der Waals surface area contributed by atoms with Crippen LogP contribution in [-0.4, -0.2) is 39.3 Å². The van der Waals surface area contributed by atoms with Crippen LogP contribution in [0.15, 0.2) is 0 Å². The predicted molar refractivity (Wildman–Crippen MR) is 78.4 cm³/mol. The third-order valence-electron chi connectivity index (χ3n) is 5.86. The van der Waals surface area contributed by atoms with Crippen LogP contribution in [0.1, 0.15) is 44.9 Å². The molecule has 3 rings (SSSR count). The average Bonchev–Trinajstić information content (AvgIpc) is 2.95. The van der Waals surface area contributed by atoms with Gasteiger partial charge in [-0.1, -0.05) is 12.8 Å². The normalized spacial score (nSPS) is 30.4. The third kappa shape index (κ3) is 2.73. The first-order valence-electron chi connectivity index (χ1n) is 8.17. The predicted octanol–water partition coefficient (Wildman–Crippen LogP) is 1.70. The fraction of sp³-hybridized carbons (Fsp3) is 0.938. The maximum atomic E-state index is 12.4. The Kier molecular flexibility index (Phi) is 4.04. The number of rotatable bonds is 5. The molecule has 2 aliphatic carbocycles. The summed E-state index contributed by atoms with van der Waals surface area (Å²) in [7, 11) is 1.76. The summed E-state index contributed by atoms with van der Waals surface area (Å²) in [5.41, 5.74) is 0.556. The maximum absolute atomic E-state index is 12.4. The molecule has 0 radical (unpaired) electrons. The molecule has 20 heavy (non-hydrogen) atoms. The second-order valence-corrected chi connectivity index (χ2v) is 7.23. The quantitative estimate of drug-likeness (QED) is 0.806. The molecule has 114 valence electrons. The Morgan fingerprint density at radius 1 is 1.25 bits per heavy atom. The van der Waals surface area contributed by atoms with Crippen molar-refractivity contribution in [3.8, 4) is 0 Å². The molecule has 0 aromatic carbocycles. The summed E-state index contributed by atoms with van der Waals surface area (Å²) in [6.45, 7) is 3.61. The van der Waals surface area contributed by atoms with E-state index in [0.717, 1.165) is 45.5 Å². The first kappa shape index (κ1) is 14.3. The lowest BCUT2D eigenvalue weighted by atomic mass is 9.79. The lowest BCUT2D eigenvalue weighted by Crippen LogP contribution is -2.47. The number of amides is 1. The number of hydrogen-bond acceptors (Lipinski definition) is 3. The number of hydrogen-bond donors (Lipinski definition) is 2. The molecule has 1 saturated heterocycles. The lowest BCUT2D eigenvalue weighted by molar-refractivity contribution is -0.124. The molecule has 0 aromatic rings. The van der Waals surface area contributed by atoms with Crippen molar-refractivity contribution < 1.29 is 9.53 Å². The average molecular weight is 280 g/mol. The van der Waals surface area contributed by atoms with Crippen LogP contribution >= 0.6 is 0 Å². The van der Waals surface area contributed by atoms with E-state index >= 15 is 0 Å². The largest absolute Gasteiger partial charge is 0.384 e. The molecule has 4 heteroatoms. The van der Waals surface area contributed by atoms with Gasteiger partial charge in [0.15, 0.2) is 0 Å². The Bertz CT molecular complexity index is 352. The summed E-state index contributed by atoms with van der Waals surface area (Å²) in [6.07, 6.45) is 8.52. The molecule has 2 N–H and O–H groups in total. The van der Waals surface area contributed by atoms with Gasteiger partial charge in [0.25, 0.3) is 0 Å². The Morgan fingerprint density at radius 3 is 2.60 bits per heavy atom. The Labute approximate surface area is 122 Å². The van der Waals surface area contributed by atoms with Gasteiger partial charge in [-0.05, 0) is 50.6 Å². The van der Waals surface area contributed by atoms with E-state index in [1.807, 2.05) is 0 Å². The number of nitrogens with one attached hydrogen (secondary N) is 2. The zero-order chi connectivity index (χ0) is 14.1. The van der Waals surface area contributed by atoms with Crippen LogP contribution in [0.4, 0.5) is 0 Å². The Morgan fingerprint density at radius 2 is 1.95 bits per heavy atom. The molecular formula is C16H28N2O2. The van der Waals surface area contributed by atoms with Gasteiger partial charge in [-0.2, -0.15) is 0 Å². The topological polar surface area (TPSA) is 50.4 Å². The van der Waals surface area contributed by atoms with E-state index in [1.165, 1.54) is 25.7 Å². The van der Waals surface area contributed by atoms with Gasteiger partial charge in [0.2, 0.25) is 5.91 Å². The molecule has 1 aliphatic heterocycles. The molecule has 1 atom stereocenters. The molecule has 1 unspecified atom stereocenters. The smallest absolute Gasteiger partial charge is 0.223 e. The van der Waals surface area contributed by atoms with E-state index in [2.05, 4.69) is 10.6 Å². The van der Waals surface area contributed by atoms with Crippen LogP contribution in [-0.2, 0) is 9.53 Å². The van der Waals surface area contributed by atoms with Gasteiger partial charge in [-0.15, -0.1) is 0 Å². The van der Waals surface area contributed by atoms with E-state index < -0.39 is 0 Å². The van der Waals surface area contributed by atoms with E-state index in [-0.39, 0.29) is 5.41 Å². The SMILES string of the molecule is COCC1(CNC(=O)C2CC23CCCC3)CCNCC1. The van der Waals surface area contributed by atoms with Gasteiger partial charge < -0.3 is 15.4 Å². The van der Waals surface area contributed by atoms with Gasteiger partial charge >= 0.3 is 0 Å². The molecule has 1 amide bonds. The Balaban J connectivity index is 1.51. The zero-order valence-corrected chi connectivity index (χ0v) is 12.7. The molecule has 3 fully saturated rings. The first-order chi connectivity index (χ1) is 9.70. The first-order valence-corrected chi connectivity index (χ1v) is 8.17. The van der Waals surface area contributed by atoms with Crippen molar-refractivity contribution in [2.24, 2.45) is 16.7 Å². The molecule has 0 aromatic heterocycles. The molecule has 4 nitrogen and oxygen atoms in total. The monoisotopic (exact) mass is 280 g/mol. The summed E-state index contributed by atoms with van der Waals surface area (Å²) in [5.74, 6) is 0.618. The van der Waals surface area contributed by atoms with Crippen molar-refractivity contribution >= 4 is 5.91 Å². The fourth-order valence-electron chi connectivity index (χ4n) is 4.38.